The third-order valence-corrected chi connectivity index (χ3v) is 2.44. The van der Waals surface area contributed by atoms with Crippen LogP contribution in [0.25, 0.3) is 0 Å². The Hall–Kier alpha value is -1.20. The van der Waals surface area contributed by atoms with E-state index in [0.29, 0.717) is 5.02 Å². The average molecular weight is 195 g/mol. The fraction of sp³-hybridized carbons (Fsp3) is 0.300. The molecule has 1 aromatic carbocycles. The summed E-state index contributed by atoms with van der Waals surface area (Å²) in [6.45, 7) is 1.95. The van der Waals surface area contributed by atoms with Gasteiger partial charge in [0.1, 0.15) is 0 Å². The van der Waals surface area contributed by atoms with Gasteiger partial charge in [0.2, 0.25) is 0 Å². The first-order chi connectivity index (χ1) is 6.16. The summed E-state index contributed by atoms with van der Waals surface area (Å²) in [6, 6.07) is 7.59. The van der Waals surface area contributed by atoms with Crippen molar-refractivity contribution in [2.75, 3.05) is 7.05 Å². The third-order valence-electron chi connectivity index (χ3n) is 2.09. The van der Waals surface area contributed by atoms with E-state index in [9.17, 15) is 0 Å². The largest absolute Gasteiger partial charge is 0.306 e. The standard InChI is InChI=1S/C10H11ClN2/c1-8(13(2)7-12)9-5-3-4-6-10(9)11/h3-6,8H,1-2H3. The van der Waals surface area contributed by atoms with E-state index < -0.39 is 0 Å². The SMILES string of the molecule is CC(c1ccccc1Cl)N(C)C#N. The average Bonchev–Trinajstić information content (AvgIpc) is 2.16. The number of hydrogen-bond donors (Lipinski definition) is 0. The predicted molar refractivity (Wildman–Crippen MR) is 53.2 cm³/mol. The maximum Gasteiger partial charge on any atom is 0.179 e. The molecule has 3 heteroatoms. The summed E-state index contributed by atoms with van der Waals surface area (Å²) in [4.78, 5) is 1.57. The van der Waals surface area contributed by atoms with Crippen LogP contribution in [0.2, 0.25) is 5.02 Å². The third kappa shape index (κ3) is 2.13. The van der Waals surface area contributed by atoms with Crippen molar-refractivity contribution >= 4 is 11.6 Å². The highest BCUT2D eigenvalue weighted by Gasteiger charge is 2.12. The van der Waals surface area contributed by atoms with E-state index in [2.05, 4.69) is 6.19 Å². The van der Waals surface area contributed by atoms with Crippen molar-refractivity contribution < 1.29 is 0 Å². The summed E-state index contributed by atoms with van der Waals surface area (Å²) in [5, 5.41) is 9.40. The minimum absolute atomic E-state index is 0.0266. The molecule has 0 aliphatic carbocycles. The Morgan fingerprint density at radius 3 is 2.62 bits per heavy atom. The highest BCUT2D eigenvalue weighted by atomic mass is 35.5. The molecule has 0 fully saturated rings. The number of nitriles is 1. The van der Waals surface area contributed by atoms with Crippen LogP contribution in [0.15, 0.2) is 24.3 Å². The maximum atomic E-state index is 8.69. The van der Waals surface area contributed by atoms with Gasteiger partial charge in [0.25, 0.3) is 0 Å². The van der Waals surface area contributed by atoms with Gasteiger partial charge in [-0.1, -0.05) is 29.8 Å². The molecule has 0 saturated heterocycles. The lowest BCUT2D eigenvalue weighted by molar-refractivity contribution is 0.377. The van der Waals surface area contributed by atoms with Gasteiger partial charge < -0.3 is 4.90 Å². The van der Waals surface area contributed by atoms with E-state index in [1.165, 1.54) is 0 Å². The van der Waals surface area contributed by atoms with Gasteiger partial charge in [0.15, 0.2) is 6.19 Å². The van der Waals surface area contributed by atoms with Gasteiger partial charge in [-0.2, -0.15) is 5.26 Å². The lowest BCUT2D eigenvalue weighted by Crippen LogP contribution is -2.16. The van der Waals surface area contributed by atoms with E-state index in [-0.39, 0.29) is 6.04 Å². The van der Waals surface area contributed by atoms with Gasteiger partial charge in [0.05, 0.1) is 6.04 Å². The molecule has 0 spiro atoms. The van der Waals surface area contributed by atoms with Crippen molar-refractivity contribution in [1.29, 1.82) is 5.26 Å². The van der Waals surface area contributed by atoms with Crippen molar-refractivity contribution in [3.63, 3.8) is 0 Å². The Kier molecular flexibility index (Phi) is 3.16. The molecule has 0 N–H and O–H groups in total. The van der Waals surface area contributed by atoms with Crippen LogP contribution in [-0.2, 0) is 0 Å². The minimum atomic E-state index is 0.0266. The molecule has 1 aromatic rings. The van der Waals surface area contributed by atoms with E-state index >= 15 is 0 Å². The van der Waals surface area contributed by atoms with Gasteiger partial charge in [-0.3, -0.25) is 0 Å². The van der Waals surface area contributed by atoms with Gasteiger partial charge in [-0.15, -0.1) is 0 Å². The molecule has 0 saturated carbocycles. The summed E-state index contributed by atoms with van der Waals surface area (Å²) < 4.78 is 0. The van der Waals surface area contributed by atoms with E-state index in [1.54, 1.807) is 11.9 Å². The molecule has 1 unspecified atom stereocenters. The highest BCUT2D eigenvalue weighted by molar-refractivity contribution is 6.31. The zero-order valence-corrected chi connectivity index (χ0v) is 8.42. The number of hydrogen-bond acceptors (Lipinski definition) is 2. The van der Waals surface area contributed by atoms with Gasteiger partial charge in [0, 0.05) is 12.1 Å². The smallest absolute Gasteiger partial charge is 0.179 e. The summed E-state index contributed by atoms with van der Waals surface area (Å²) in [6.07, 6.45) is 2.07. The lowest BCUT2D eigenvalue weighted by atomic mass is 10.1. The zero-order chi connectivity index (χ0) is 9.84. The van der Waals surface area contributed by atoms with E-state index in [0.717, 1.165) is 5.56 Å². The van der Waals surface area contributed by atoms with Crippen LogP contribution in [0.4, 0.5) is 0 Å². The maximum absolute atomic E-state index is 8.69. The van der Waals surface area contributed by atoms with Gasteiger partial charge in [-0.25, -0.2) is 0 Å². The molecule has 0 aliphatic heterocycles. The molecule has 13 heavy (non-hydrogen) atoms. The van der Waals surface area contributed by atoms with Crippen LogP contribution >= 0.6 is 11.6 Å². The first-order valence-electron chi connectivity index (χ1n) is 4.03. The van der Waals surface area contributed by atoms with Crippen LogP contribution in [-0.4, -0.2) is 11.9 Å². The lowest BCUT2D eigenvalue weighted by Gasteiger charge is -2.19. The molecule has 0 radical (unpaired) electrons. The molecule has 1 atom stereocenters. The molecule has 0 bridgehead atoms. The van der Waals surface area contributed by atoms with Crippen molar-refractivity contribution in [2.24, 2.45) is 0 Å². The van der Waals surface area contributed by atoms with E-state index in [1.807, 2.05) is 31.2 Å². The second-order valence-corrected chi connectivity index (χ2v) is 3.32. The fourth-order valence-corrected chi connectivity index (χ4v) is 1.40. The summed E-state index contributed by atoms with van der Waals surface area (Å²) in [7, 11) is 1.74. The fourth-order valence-electron chi connectivity index (χ4n) is 1.11. The van der Waals surface area contributed by atoms with Crippen LogP contribution in [0.3, 0.4) is 0 Å². The normalized spacial score (nSPS) is 11.8. The van der Waals surface area contributed by atoms with Crippen molar-refractivity contribution in [3.05, 3.63) is 34.9 Å². The summed E-state index contributed by atoms with van der Waals surface area (Å²) >= 11 is 5.98. The molecule has 0 heterocycles. The molecule has 2 nitrogen and oxygen atoms in total. The quantitative estimate of drug-likeness (QED) is 0.535. The Morgan fingerprint density at radius 2 is 2.08 bits per heavy atom. The topological polar surface area (TPSA) is 27.0 Å². The second-order valence-electron chi connectivity index (χ2n) is 2.91. The first-order valence-corrected chi connectivity index (χ1v) is 4.41. The number of halogens is 1. The number of benzene rings is 1. The number of rotatable bonds is 2. The molecule has 0 amide bonds. The monoisotopic (exact) mass is 194 g/mol. The Morgan fingerprint density at radius 1 is 1.46 bits per heavy atom. The Bertz CT molecular complexity index is 330. The Balaban J connectivity index is 2.96. The van der Waals surface area contributed by atoms with Gasteiger partial charge >= 0.3 is 0 Å². The Labute approximate surface area is 83.3 Å². The molecule has 1 rings (SSSR count). The van der Waals surface area contributed by atoms with Crippen molar-refractivity contribution in [2.45, 2.75) is 13.0 Å². The van der Waals surface area contributed by atoms with Crippen LogP contribution in [0.5, 0.6) is 0 Å². The van der Waals surface area contributed by atoms with Crippen molar-refractivity contribution in [3.8, 4) is 6.19 Å². The highest BCUT2D eigenvalue weighted by Crippen LogP contribution is 2.25. The second kappa shape index (κ2) is 4.15. The van der Waals surface area contributed by atoms with Crippen LogP contribution < -0.4 is 0 Å². The summed E-state index contributed by atoms with van der Waals surface area (Å²) in [5.74, 6) is 0. The predicted octanol–water partition coefficient (Wildman–Crippen LogP) is 2.81. The van der Waals surface area contributed by atoms with Gasteiger partial charge in [-0.05, 0) is 18.6 Å². The molecule has 0 aliphatic rings. The molecular weight excluding hydrogens is 184 g/mol. The molecule has 68 valence electrons. The van der Waals surface area contributed by atoms with Crippen molar-refractivity contribution in [1.82, 2.24) is 4.90 Å². The van der Waals surface area contributed by atoms with E-state index in [4.69, 9.17) is 16.9 Å². The van der Waals surface area contributed by atoms with Crippen LogP contribution in [0.1, 0.15) is 18.5 Å². The first kappa shape index (κ1) is 9.88. The minimum Gasteiger partial charge on any atom is -0.306 e. The molecular formula is C10H11ClN2. The zero-order valence-electron chi connectivity index (χ0n) is 7.66. The number of nitrogens with zero attached hydrogens (tertiary/aromatic N) is 2. The molecule has 0 aromatic heterocycles. The summed E-state index contributed by atoms with van der Waals surface area (Å²) in [5.41, 5.74) is 0.980. The van der Waals surface area contributed by atoms with Crippen LogP contribution in [0, 0.1) is 11.5 Å².